The van der Waals surface area contributed by atoms with Gasteiger partial charge >= 0.3 is 6.09 Å². The first kappa shape index (κ1) is 19.3. The fourth-order valence-corrected chi connectivity index (χ4v) is 2.79. The van der Waals surface area contributed by atoms with Crippen LogP contribution in [0.2, 0.25) is 0 Å². The van der Waals surface area contributed by atoms with Crippen molar-refractivity contribution in [3.05, 3.63) is 78.9 Å². The number of nitrogens with two attached hydrogens (primary N) is 1. The number of hydrogen-bond acceptors (Lipinski definition) is 4. The number of nitrogens with one attached hydrogen (secondary N) is 1. The highest BCUT2D eigenvalue weighted by Gasteiger charge is 2.17. The van der Waals surface area contributed by atoms with E-state index in [4.69, 9.17) is 10.5 Å². The molecule has 0 bridgehead atoms. The second-order valence-corrected chi connectivity index (χ2v) is 7.44. The Morgan fingerprint density at radius 3 is 2.11 bits per heavy atom. The number of para-hydroxylation sites is 1. The molecule has 0 aliphatic heterocycles. The lowest BCUT2D eigenvalue weighted by Gasteiger charge is -2.26. The van der Waals surface area contributed by atoms with E-state index in [1.807, 2.05) is 99.6 Å². The number of amides is 1. The lowest BCUT2D eigenvalue weighted by molar-refractivity contribution is 0.0636. The lowest BCUT2D eigenvalue weighted by atomic mass is 10.1. The van der Waals surface area contributed by atoms with E-state index in [2.05, 4.69) is 10.2 Å². The van der Waals surface area contributed by atoms with Crippen LogP contribution in [0.25, 0.3) is 0 Å². The molecule has 144 valence electrons. The molecule has 0 atom stereocenters. The van der Waals surface area contributed by atoms with Gasteiger partial charge in [0, 0.05) is 28.4 Å². The summed E-state index contributed by atoms with van der Waals surface area (Å²) < 4.78 is 5.35. The summed E-state index contributed by atoms with van der Waals surface area (Å²) in [6.07, 6.45) is -0.483. The predicted octanol–water partition coefficient (Wildman–Crippen LogP) is 6.09. The number of benzene rings is 3. The molecule has 0 saturated carbocycles. The molecule has 0 aliphatic carbocycles. The van der Waals surface area contributed by atoms with E-state index in [9.17, 15) is 4.79 Å². The second-order valence-electron chi connectivity index (χ2n) is 7.44. The van der Waals surface area contributed by atoms with Crippen molar-refractivity contribution in [2.24, 2.45) is 0 Å². The summed E-state index contributed by atoms with van der Waals surface area (Å²) in [5, 5.41) is 2.80. The molecule has 0 heterocycles. The normalized spacial score (nSPS) is 11.0. The molecule has 3 N–H and O–H groups in total. The fraction of sp³-hybridized carbons (Fsp3) is 0.174. The van der Waals surface area contributed by atoms with Crippen molar-refractivity contribution in [2.75, 3.05) is 16.0 Å². The quantitative estimate of drug-likeness (QED) is 0.542. The van der Waals surface area contributed by atoms with Crippen LogP contribution in [0.3, 0.4) is 0 Å². The zero-order valence-electron chi connectivity index (χ0n) is 16.3. The standard InChI is InChI=1S/C23H25N3O2/c1-23(2,3)28-22(27)25-18-8-7-11-21(16-18)26(19-9-5-4-6-10-19)20-14-12-17(24)13-15-20/h4-16H,24H2,1-3H3,(H,25,27). The zero-order chi connectivity index (χ0) is 20.1. The Balaban J connectivity index is 1.95. The SMILES string of the molecule is CC(C)(C)OC(=O)Nc1cccc(N(c2ccccc2)c2ccc(N)cc2)c1. The van der Waals surface area contributed by atoms with Gasteiger partial charge in [-0.3, -0.25) is 5.32 Å². The molecular formula is C23H25N3O2. The second kappa shape index (κ2) is 8.05. The topological polar surface area (TPSA) is 67.6 Å². The van der Waals surface area contributed by atoms with E-state index in [0.717, 1.165) is 17.1 Å². The van der Waals surface area contributed by atoms with Gasteiger partial charge in [-0.15, -0.1) is 0 Å². The van der Waals surface area contributed by atoms with Crippen molar-refractivity contribution >= 4 is 34.5 Å². The summed E-state index contributed by atoms with van der Waals surface area (Å²) in [6, 6.07) is 25.3. The van der Waals surface area contributed by atoms with E-state index >= 15 is 0 Å². The van der Waals surface area contributed by atoms with Gasteiger partial charge in [0.2, 0.25) is 0 Å². The number of carbonyl (C=O) groups is 1. The first-order valence-corrected chi connectivity index (χ1v) is 9.13. The Bertz CT molecular complexity index is 932. The summed E-state index contributed by atoms with van der Waals surface area (Å²) in [6.45, 7) is 5.50. The van der Waals surface area contributed by atoms with Crippen LogP contribution in [0, 0.1) is 0 Å². The number of nitrogen functional groups attached to an aromatic ring is 1. The third kappa shape index (κ3) is 5.04. The molecule has 3 rings (SSSR count). The van der Waals surface area contributed by atoms with Gasteiger partial charge in [-0.05, 0) is 75.4 Å². The molecule has 3 aromatic rings. The summed E-state index contributed by atoms with van der Waals surface area (Å²) in [5.41, 5.74) is 9.54. The number of nitrogens with zero attached hydrogens (tertiary/aromatic N) is 1. The number of anilines is 5. The first-order chi connectivity index (χ1) is 13.3. The molecule has 3 aromatic carbocycles. The van der Waals surface area contributed by atoms with Crippen molar-refractivity contribution in [3.8, 4) is 0 Å². The van der Waals surface area contributed by atoms with E-state index < -0.39 is 11.7 Å². The Kier molecular flexibility index (Phi) is 5.54. The van der Waals surface area contributed by atoms with Gasteiger partial charge in [0.15, 0.2) is 0 Å². The van der Waals surface area contributed by atoms with Crippen LogP contribution >= 0.6 is 0 Å². The average Bonchev–Trinajstić information content (AvgIpc) is 2.63. The maximum absolute atomic E-state index is 12.1. The van der Waals surface area contributed by atoms with Gasteiger partial charge in [0.25, 0.3) is 0 Å². The first-order valence-electron chi connectivity index (χ1n) is 9.13. The maximum atomic E-state index is 12.1. The molecule has 0 fully saturated rings. The Labute approximate surface area is 165 Å². The third-order valence-corrected chi connectivity index (χ3v) is 3.92. The minimum Gasteiger partial charge on any atom is -0.444 e. The lowest BCUT2D eigenvalue weighted by Crippen LogP contribution is -2.27. The average molecular weight is 375 g/mol. The highest BCUT2D eigenvalue weighted by Crippen LogP contribution is 2.35. The molecular weight excluding hydrogens is 350 g/mol. The zero-order valence-corrected chi connectivity index (χ0v) is 16.3. The van der Waals surface area contributed by atoms with E-state index in [0.29, 0.717) is 11.4 Å². The fourth-order valence-electron chi connectivity index (χ4n) is 2.79. The Morgan fingerprint density at radius 2 is 1.46 bits per heavy atom. The molecule has 0 aromatic heterocycles. The van der Waals surface area contributed by atoms with Crippen LogP contribution in [0.5, 0.6) is 0 Å². The van der Waals surface area contributed by atoms with Gasteiger partial charge in [0.1, 0.15) is 5.60 Å². The highest BCUT2D eigenvalue weighted by molar-refractivity contribution is 5.87. The summed E-state index contributed by atoms with van der Waals surface area (Å²) >= 11 is 0. The molecule has 0 saturated heterocycles. The molecule has 0 spiro atoms. The third-order valence-electron chi connectivity index (χ3n) is 3.92. The minimum atomic E-state index is -0.554. The minimum absolute atomic E-state index is 0.483. The molecule has 5 nitrogen and oxygen atoms in total. The predicted molar refractivity (Wildman–Crippen MR) is 115 cm³/mol. The molecule has 28 heavy (non-hydrogen) atoms. The van der Waals surface area contributed by atoms with Crippen molar-refractivity contribution in [2.45, 2.75) is 26.4 Å². The Hall–Kier alpha value is -3.47. The van der Waals surface area contributed by atoms with Crippen LogP contribution in [-0.4, -0.2) is 11.7 Å². The van der Waals surface area contributed by atoms with Crippen molar-refractivity contribution in [3.63, 3.8) is 0 Å². The molecule has 5 heteroatoms. The van der Waals surface area contributed by atoms with Gasteiger partial charge in [-0.1, -0.05) is 24.3 Å². The van der Waals surface area contributed by atoms with Crippen LogP contribution in [0.1, 0.15) is 20.8 Å². The van der Waals surface area contributed by atoms with Gasteiger partial charge in [-0.2, -0.15) is 0 Å². The van der Waals surface area contributed by atoms with Crippen molar-refractivity contribution in [1.29, 1.82) is 0 Å². The summed E-state index contributed by atoms with van der Waals surface area (Å²) in [7, 11) is 0. The molecule has 0 unspecified atom stereocenters. The monoisotopic (exact) mass is 375 g/mol. The number of carbonyl (C=O) groups excluding carboxylic acids is 1. The van der Waals surface area contributed by atoms with Gasteiger partial charge in [0.05, 0.1) is 0 Å². The largest absolute Gasteiger partial charge is 0.444 e. The molecule has 0 aliphatic rings. The smallest absolute Gasteiger partial charge is 0.412 e. The number of rotatable bonds is 4. The van der Waals surface area contributed by atoms with Crippen molar-refractivity contribution in [1.82, 2.24) is 0 Å². The van der Waals surface area contributed by atoms with Crippen LogP contribution in [-0.2, 0) is 4.74 Å². The van der Waals surface area contributed by atoms with Crippen molar-refractivity contribution < 1.29 is 9.53 Å². The van der Waals surface area contributed by atoms with Crippen LogP contribution in [0.15, 0.2) is 78.9 Å². The van der Waals surface area contributed by atoms with E-state index in [-0.39, 0.29) is 0 Å². The van der Waals surface area contributed by atoms with Gasteiger partial charge < -0.3 is 15.4 Å². The van der Waals surface area contributed by atoms with Crippen LogP contribution in [0.4, 0.5) is 33.2 Å². The molecule has 0 radical (unpaired) electrons. The van der Waals surface area contributed by atoms with Crippen LogP contribution < -0.4 is 16.0 Å². The van der Waals surface area contributed by atoms with E-state index in [1.54, 1.807) is 0 Å². The Morgan fingerprint density at radius 1 is 0.857 bits per heavy atom. The number of ether oxygens (including phenoxy) is 1. The highest BCUT2D eigenvalue weighted by atomic mass is 16.6. The summed E-state index contributed by atoms with van der Waals surface area (Å²) in [4.78, 5) is 14.2. The number of hydrogen-bond donors (Lipinski definition) is 2. The van der Waals surface area contributed by atoms with E-state index in [1.165, 1.54) is 0 Å². The van der Waals surface area contributed by atoms with Gasteiger partial charge in [-0.25, -0.2) is 4.79 Å². The summed E-state index contributed by atoms with van der Waals surface area (Å²) in [5.74, 6) is 0. The maximum Gasteiger partial charge on any atom is 0.412 e. The molecule has 1 amide bonds.